The van der Waals surface area contributed by atoms with Crippen molar-refractivity contribution in [2.75, 3.05) is 11.4 Å². The molecule has 0 spiro atoms. The minimum atomic E-state index is 0.103. The van der Waals surface area contributed by atoms with Gasteiger partial charge in [-0.05, 0) is 45.8 Å². The third kappa shape index (κ3) is 2.41. The second-order valence-corrected chi connectivity index (χ2v) is 5.86. The lowest BCUT2D eigenvalue weighted by Gasteiger charge is -2.26. The highest BCUT2D eigenvalue weighted by molar-refractivity contribution is 9.10. The second-order valence-electron chi connectivity index (χ2n) is 4.59. The first kappa shape index (κ1) is 13.5. The van der Waals surface area contributed by atoms with Crippen LogP contribution in [-0.2, 0) is 0 Å². The molecule has 0 saturated carbocycles. The van der Waals surface area contributed by atoms with Crippen molar-refractivity contribution in [3.8, 4) is 0 Å². The number of nitrogens with two attached hydrogens (primary N) is 1. The van der Waals surface area contributed by atoms with Crippen LogP contribution in [0.5, 0.6) is 0 Å². The van der Waals surface area contributed by atoms with Crippen molar-refractivity contribution in [2.45, 2.75) is 6.04 Å². The fourth-order valence-electron chi connectivity index (χ4n) is 2.37. The summed E-state index contributed by atoms with van der Waals surface area (Å²) in [6, 6.07) is 16.1. The molecule has 0 aromatic heterocycles. The summed E-state index contributed by atoms with van der Waals surface area (Å²) in [4.78, 5) is 6.43. The highest BCUT2D eigenvalue weighted by Gasteiger charge is 2.28. The van der Waals surface area contributed by atoms with Gasteiger partial charge in [0.25, 0.3) is 0 Å². The van der Waals surface area contributed by atoms with E-state index in [9.17, 15) is 0 Å². The number of benzene rings is 2. The van der Waals surface area contributed by atoms with E-state index in [-0.39, 0.29) is 6.04 Å². The van der Waals surface area contributed by atoms with Crippen molar-refractivity contribution >= 4 is 39.2 Å². The average molecular weight is 351 g/mol. The van der Waals surface area contributed by atoms with Gasteiger partial charge < -0.3 is 10.6 Å². The van der Waals surface area contributed by atoms with E-state index in [0.717, 1.165) is 15.7 Å². The molecular weight excluding hydrogens is 338 g/mol. The van der Waals surface area contributed by atoms with E-state index in [1.165, 1.54) is 0 Å². The molecule has 0 saturated heterocycles. The normalized spacial score (nSPS) is 18.2. The Hall–Kier alpha value is -1.52. The van der Waals surface area contributed by atoms with Gasteiger partial charge in [0.1, 0.15) is 0 Å². The van der Waals surface area contributed by atoms with Gasteiger partial charge in [-0.1, -0.05) is 35.9 Å². The molecule has 5 heteroatoms. The summed E-state index contributed by atoms with van der Waals surface area (Å²) in [5, 5.41) is 0.701. The lowest BCUT2D eigenvalue weighted by Crippen LogP contribution is -2.36. The van der Waals surface area contributed by atoms with E-state index in [4.69, 9.17) is 17.3 Å². The highest BCUT2D eigenvalue weighted by Crippen LogP contribution is 2.33. The van der Waals surface area contributed by atoms with Crippen LogP contribution >= 0.6 is 27.5 Å². The molecule has 1 aliphatic rings. The maximum atomic E-state index is 6.06. The molecular formula is C15H13BrClN3. The Labute approximate surface area is 131 Å². The van der Waals surface area contributed by atoms with Crippen LogP contribution in [0, 0.1) is 0 Å². The predicted octanol–water partition coefficient (Wildman–Crippen LogP) is 3.98. The minimum Gasteiger partial charge on any atom is -0.369 e. The zero-order chi connectivity index (χ0) is 14.1. The number of hydrogen-bond donors (Lipinski definition) is 1. The van der Waals surface area contributed by atoms with E-state index < -0.39 is 0 Å². The van der Waals surface area contributed by atoms with Crippen molar-refractivity contribution in [3.05, 3.63) is 63.6 Å². The van der Waals surface area contributed by atoms with Gasteiger partial charge in [-0.2, -0.15) is 0 Å². The third-order valence-electron chi connectivity index (χ3n) is 3.35. The molecule has 0 fully saturated rings. The Morgan fingerprint density at radius 1 is 1.20 bits per heavy atom. The zero-order valence-corrected chi connectivity index (χ0v) is 13.0. The van der Waals surface area contributed by atoms with Crippen molar-refractivity contribution < 1.29 is 0 Å². The Morgan fingerprint density at radius 3 is 2.65 bits per heavy atom. The fraction of sp³-hybridized carbons (Fsp3) is 0.133. The first-order valence-electron chi connectivity index (χ1n) is 6.26. The molecule has 102 valence electrons. The van der Waals surface area contributed by atoms with Crippen LogP contribution in [0.4, 0.5) is 5.69 Å². The number of para-hydroxylation sites is 1. The number of aliphatic imine (C=N–C) groups is 1. The number of nitrogens with zero attached hydrogens (tertiary/aromatic N) is 2. The van der Waals surface area contributed by atoms with Crippen LogP contribution in [0.3, 0.4) is 0 Å². The molecule has 1 heterocycles. The molecule has 3 nitrogen and oxygen atoms in total. The number of halogens is 2. The maximum Gasteiger partial charge on any atom is 0.196 e. The Morgan fingerprint density at radius 2 is 1.95 bits per heavy atom. The second kappa shape index (κ2) is 5.46. The van der Waals surface area contributed by atoms with Crippen molar-refractivity contribution in [2.24, 2.45) is 10.7 Å². The number of anilines is 1. The molecule has 3 rings (SSSR count). The van der Waals surface area contributed by atoms with E-state index in [0.29, 0.717) is 17.5 Å². The molecule has 1 aliphatic heterocycles. The molecule has 2 aromatic carbocycles. The van der Waals surface area contributed by atoms with Gasteiger partial charge in [0.05, 0.1) is 17.6 Å². The van der Waals surface area contributed by atoms with Gasteiger partial charge in [-0.3, -0.25) is 4.99 Å². The van der Waals surface area contributed by atoms with Crippen LogP contribution < -0.4 is 10.6 Å². The summed E-state index contributed by atoms with van der Waals surface area (Å²) in [5.74, 6) is 0.548. The van der Waals surface area contributed by atoms with Crippen LogP contribution in [0.15, 0.2) is 58.0 Å². The van der Waals surface area contributed by atoms with Gasteiger partial charge in [-0.25, -0.2) is 0 Å². The highest BCUT2D eigenvalue weighted by atomic mass is 79.9. The van der Waals surface area contributed by atoms with Crippen LogP contribution in [0.1, 0.15) is 11.6 Å². The standard InChI is InChI=1S/C15H13BrClN3/c16-12-8-10(6-7-13(12)17)14-9-19-15(18)20(14)11-4-2-1-3-5-11/h1-8,14H,9H2,(H2,18,19). The predicted molar refractivity (Wildman–Crippen MR) is 87.3 cm³/mol. The van der Waals surface area contributed by atoms with E-state index >= 15 is 0 Å². The Bertz CT molecular complexity index is 657. The van der Waals surface area contributed by atoms with Gasteiger partial charge in [-0.15, -0.1) is 0 Å². The molecule has 0 amide bonds. The fourth-order valence-corrected chi connectivity index (χ4v) is 2.89. The topological polar surface area (TPSA) is 41.6 Å². The Kier molecular flexibility index (Phi) is 3.68. The SMILES string of the molecule is NC1=NCC(c2ccc(Cl)c(Br)c2)N1c1ccccc1. The quantitative estimate of drug-likeness (QED) is 0.890. The van der Waals surface area contributed by atoms with E-state index in [1.54, 1.807) is 0 Å². The van der Waals surface area contributed by atoms with Crippen molar-refractivity contribution in [1.82, 2.24) is 0 Å². The molecule has 0 radical (unpaired) electrons. The van der Waals surface area contributed by atoms with Crippen LogP contribution in [0.25, 0.3) is 0 Å². The first-order valence-corrected chi connectivity index (χ1v) is 7.43. The monoisotopic (exact) mass is 349 g/mol. The summed E-state index contributed by atoms with van der Waals surface area (Å²) in [6.45, 7) is 0.648. The van der Waals surface area contributed by atoms with Crippen molar-refractivity contribution in [3.63, 3.8) is 0 Å². The summed E-state index contributed by atoms with van der Waals surface area (Å²) in [5.41, 5.74) is 8.22. The first-order chi connectivity index (χ1) is 9.66. The maximum absolute atomic E-state index is 6.06. The Balaban J connectivity index is 1.99. The summed E-state index contributed by atoms with van der Waals surface area (Å²) in [6.07, 6.45) is 0. The number of guanidine groups is 1. The molecule has 1 atom stereocenters. The van der Waals surface area contributed by atoms with Gasteiger partial charge in [0.15, 0.2) is 5.96 Å². The van der Waals surface area contributed by atoms with Gasteiger partial charge in [0, 0.05) is 10.2 Å². The summed E-state index contributed by atoms with van der Waals surface area (Å²) < 4.78 is 0.884. The van der Waals surface area contributed by atoms with Gasteiger partial charge >= 0.3 is 0 Å². The average Bonchev–Trinajstić information content (AvgIpc) is 2.85. The lowest BCUT2D eigenvalue weighted by atomic mass is 10.1. The molecule has 0 bridgehead atoms. The third-order valence-corrected chi connectivity index (χ3v) is 4.56. The van der Waals surface area contributed by atoms with E-state index in [2.05, 4.69) is 25.8 Å². The van der Waals surface area contributed by atoms with Crippen molar-refractivity contribution in [1.29, 1.82) is 0 Å². The molecule has 2 aromatic rings. The summed E-state index contributed by atoms with van der Waals surface area (Å²) in [7, 11) is 0. The lowest BCUT2D eigenvalue weighted by molar-refractivity contribution is 0.768. The largest absolute Gasteiger partial charge is 0.369 e. The number of rotatable bonds is 2. The molecule has 0 aliphatic carbocycles. The summed E-state index contributed by atoms with van der Waals surface area (Å²) >= 11 is 9.52. The minimum absolute atomic E-state index is 0.103. The molecule has 2 N–H and O–H groups in total. The molecule has 20 heavy (non-hydrogen) atoms. The number of hydrogen-bond acceptors (Lipinski definition) is 3. The molecule has 1 unspecified atom stereocenters. The van der Waals surface area contributed by atoms with Crippen LogP contribution in [0.2, 0.25) is 5.02 Å². The van der Waals surface area contributed by atoms with Crippen LogP contribution in [-0.4, -0.2) is 12.5 Å². The van der Waals surface area contributed by atoms with Gasteiger partial charge in [0.2, 0.25) is 0 Å². The zero-order valence-electron chi connectivity index (χ0n) is 10.6. The van der Waals surface area contributed by atoms with E-state index in [1.807, 2.05) is 48.5 Å². The smallest absolute Gasteiger partial charge is 0.196 e.